The van der Waals surface area contributed by atoms with Gasteiger partial charge in [-0.15, -0.1) is 0 Å². The molecule has 6 nitrogen and oxygen atoms in total. The Labute approximate surface area is 104 Å². The highest BCUT2D eigenvalue weighted by atomic mass is 16.6. The lowest BCUT2D eigenvalue weighted by Crippen LogP contribution is -2.40. The zero-order chi connectivity index (χ0) is 13.1. The fraction of sp³-hybridized carbons (Fsp3) is 0.500. The fourth-order valence-electron chi connectivity index (χ4n) is 2.19. The second-order valence-electron chi connectivity index (χ2n) is 4.26. The average Bonchev–Trinajstić information content (AvgIpc) is 2.38. The molecule has 98 valence electrons. The summed E-state index contributed by atoms with van der Waals surface area (Å²) in [5.74, 6) is 0.360. The lowest BCUT2D eigenvalue weighted by atomic mass is 9.87. The summed E-state index contributed by atoms with van der Waals surface area (Å²) >= 11 is 0. The molecule has 1 aromatic rings. The van der Waals surface area contributed by atoms with Crippen molar-refractivity contribution < 1.29 is 19.5 Å². The van der Waals surface area contributed by atoms with E-state index in [2.05, 4.69) is 0 Å². The normalized spacial score (nSPS) is 27.8. The number of rotatable bonds is 3. The van der Waals surface area contributed by atoms with E-state index in [1.54, 1.807) is 31.4 Å². The molecule has 1 aliphatic heterocycles. The number of benzene rings is 1. The Morgan fingerprint density at radius 2 is 2.11 bits per heavy atom. The molecule has 0 radical (unpaired) electrons. The van der Waals surface area contributed by atoms with E-state index >= 15 is 0 Å². The summed E-state index contributed by atoms with van der Waals surface area (Å²) in [4.78, 5) is 10.6. The smallest absolute Gasteiger partial charge is 0.243 e. The Kier molecular flexibility index (Phi) is 3.78. The minimum atomic E-state index is -0.937. The molecule has 0 spiro atoms. The highest BCUT2D eigenvalue weighted by Gasteiger charge is 2.39. The second kappa shape index (κ2) is 5.32. The minimum Gasteiger partial charge on any atom is -0.497 e. The maximum atomic E-state index is 11.0. The molecule has 0 aliphatic carbocycles. The maximum absolute atomic E-state index is 11.0. The first-order valence-corrected chi connectivity index (χ1v) is 5.69. The summed E-state index contributed by atoms with van der Waals surface area (Å²) in [7, 11) is 1.56. The molecule has 1 aromatic carbocycles. The molecule has 0 amide bonds. The monoisotopic (exact) mass is 253 g/mol. The van der Waals surface area contributed by atoms with Crippen LogP contribution in [0.3, 0.4) is 0 Å². The Hall–Kier alpha value is -1.66. The van der Waals surface area contributed by atoms with Crippen molar-refractivity contribution in [3.05, 3.63) is 39.9 Å². The zero-order valence-electron chi connectivity index (χ0n) is 9.98. The Balaban J connectivity index is 2.23. The Morgan fingerprint density at radius 1 is 1.44 bits per heavy atom. The van der Waals surface area contributed by atoms with Crippen LogP contribution in [-0.4, -0.2) is 36.1 Å². The van der Waals surface area contributed by atoms with Crippen LogP contribution in [0.1, 0.15) is 17.9 Å². The molecule has 0 bridgehead atoms. The van der Waals surface area contributed by atoms with Crippen LogP contribution in [0.25, 0.3) is 0 Å². The summed E-state index contributed by atoms with van der Waals surface area (Å²) in [5.41, 5.74) is 0.819. The standard InChI is InChI=1S/C12H15NO5/c1-17-9-4-2-8(3-5-9)10-6-12(14)18-7-11(10)13(15)16/h2-5,10-12,14H,6-7H2,1H3/t10-,11+,12?/m1/s1. The van der Waals surface area contributed by atoms with Crippen molar-refractivity contribution in [3.8, 4) is 5.75 Å². The van der Waals surface area contributed by atoms with Gasteiger partial charge in [0.15, 0.2) is 6.29 Å². The molecule has 2 rings (SSSR count). The van der Waals surface area contributed by atoms with Crippen LogP contribution in [0.5, 0.6) is 5.75 Å². The summed E-state index contributed by atoms with van der Waals surface area (Å²) in [6.45, 7) is -0.0646. The van der Waals surface area contributed by atoms with Crippen molar-refractivity contribution in [2.45, 2.75) is 24.7 Å². The number of methoxy groups -OCH3 is 1. The van der Waals surface area contributed by atoms with Crippen molar-refractivity contribution in [2.75, 3.05) is 13.7 Å². The maximum Gasteiger partial charge on any atom is 0.243 e. The molecule has 1 heterocycles. The quantitative estimate of drug-likeness (QED) is 0.645. The molecule has 1 unspecified atom stereocenters. The number of hydrogen-bond donors (Lipinski definition) is 1. The van der Waals surface area contributed by atoms with Crippen LogP contribution in [-0.2, 0) is 4.74 Å². The van der Waals surface area contributed by atoms with Crippen LogP contribution in [0.2, 0.25) is 0 Å². The van der Waals surface area contributed by atoms with Crippen LogP contribution in [0.15, 0.2) is 24.3 Å². The second-order valence-corrected chi connectivity index (χ2v) is 4.26. The zero-order valence-corrected chi connectivity index (χ0v) is 9.98. The van der Waals surface area contributed by atoms with E-state index in [4.69, 9.17) is 9.47 Å². The van der Waals surface area contributed by atoms with Crippen LogP contribution in [0.4, 0.5) is 0 Å². The van der Waals surface area contributed by atoms with Gasteiger partial charge in [-0.1, -0.05) is 12.1 Å². The van der Waals surface area contributed by atoms with E-state index < -0.39 is 12.3 Å². The largest absolute Gasteiger partial charge is 0.497 e. The summed E-state index contributed by atoms with van der Waals surface area (Å²) in [6, 6.07) is 6.28. The van der Waals surface area contributed by atoms with Crippen molar-refractivity contribution in [1.29, 1.82) is 0 Å². The molecule has 6 heteroatoms. The third-order valence-corrected chi connectivity index (χ3v) is 3.19. The predicted molar refractivity (Wildman–Crippen MR) is 63.1 cm³/mol. The first-order valence-electron chi connectivity index (χ1n) is 5.69. The van der Waals surface area contributed by atoms with Crippen molar-refractivity contribution in [2.24, 2.45) is 0 Å². The van der Waals surface area contributed by atoms with Crippen molar-refractivity contribution in [1.82, 2.24) is 0 Å². The molecule has 0 saturated carbocycles. The van der Waals surface area contributed by atoms with Crippen LogP contribution >= 0.6 is 0 Å². The van der Waals surface area contributed by atoms with E-state index in [0.29, 0.717) is 5.75 Å². The summed E-state index contributed by atoms with van der Waals surface area (Å²) in [6.07, 6.45) is -0.703. The van der Waals surface area contributed by atoms with Gasteiger partial charge in [-0.05, 0) is 17.7 Å². The summed E-state index contributed by atoms with van der Waals surface area (Å²) in [5, 5.41) is 20.5. The van der Waals surface area contributed by atoms with Crippen LogP contribution < -0.4 is 4.74 Å². The molecule has 0 aromatic heterocycles. The lowest BCUT2D eigenvalue weighted by molar-refractivity contribution is -0.538. The fourth-order valence-corrected chi connectivity index (χ4v) is 2.19. The first kappa shape index (κ1) is 12.8. The van der Waals surface area contributed by atoms with Gasteiger partial charge in [-0.25, -0.2) is 0 Å². The molecule has 1 saturated heterocycles. The van der Waals surface area contributed by atoms with Gasteiger partial charge >= 0.3 is 0 Å². The molecule has 1 aliphatic rings. The number of hydrogen-bond acceptors (Lipinski definition) is 5. The number of aliphatic hydroxyl groups excluding tert-OH is 1. The Morgan fingerprint density at radius 3 is 2.67 bits per heavy atom. The van der Waals surface area contributed by atoms with Gasteiger partial charge in [0, 0.05) is 11.3 Å². The number of nitrogens with zero attached hydrogens (tertiary/aromatic N) is 1. The van der Waals surface area contributed by atoms with Gasteiger partial charge < -0.3 is 14.6 Å². The van der Waals surface area contributed by atoms with Gasteiger partial charge in [0.05, 0.1) is 13.0 Å². The van der Waals surface area contributed by atoms with Crippen LogP contribution in [0, 0.1) is 10.1 Å². The number of nitro groups is 1. The van der Waals surface area contributed by atoms with E-state index in [9.17, 15) is 15.2 Å². The molecular weight excluding hydrogens is 238 g/mol. The molecule has 1 fully saturated rings. The van der Waals surface area contributed by atoms with Gasteiger partial charge in [0.1, 0.15) is 12.4 Å². The first-order chi connectivity index (χ1) is 8.61. The van der Waals surface area contributed by atoms with Gasteiger partial charge in [0.25, 0.3) is 0 Å². The predicted octanol–water partition coefficient (Wildman–Crippen LogP) is 1.16. The highest BCUT2D eigenvalue weighted by Crippen LogP contribution is 2.32. The topological polar surface area (TPSA) is 81.8 Å². The van der Waals surface area contributed by atoms with Crippen molar-refractivity contribution >= 4 is 0 Å². The SMILES string of the molecule is COc1ccc([C@H]2CC(O)OC[C@@H]2[N+](=O)[O-])cc1. The Bertz CT molecular complexity index is 419. The lowest BCUT2D eigenvalue weighted by Gasteiger charge is -2.29. The third kappa shape index (κ3) is 2.60. The van der Waals surface area contributed by atoms with E-state index in [0.717, 1.165) is 5.56 Å². The van der Waals surface area contributed by atoms with E-state index in [-0.39, 0.29) is 23.9 Å². The van der Waals surface area contributed by atoms with Gasteiger partial charge in [-0.2, -0.15) is 0 Å². The molecular formula is C12H15NO5. The minimum absolute atomic E-state index is 0.0646. The molecule has 1 N–H and O–H groups in total. The highest BCUT2D eigenvalue weighted by molar-refractivity contribution is 5.30. The average molecular weight is 253 g/mol. The molecule has 18 heavy (non-hydrogen) atoms. The number of aliphatic hydroxyl groups is 1. The molecule has 3 atom stereocenters. The van der Waals surface area contributed by atoms with Gasteiger partial charge in [0.2, 0.25) is 6.04 Å². The third-order valence-electron chi connectivity index (χ3n) is 3.19. The van der Waals surface area contributed by atoms with Gasteiger partial charge in [-0.3, -0.25) is 10.1 Å². The number of ether oxygens (including phenoxy) is 2. The summed E-state index contributed by atoms with van der Waals surface area (Å²) < 4.78 is 9.98. The van der Waals surface area contributed by atoms with E-state index in [1.807, 2.05) is 0 Å². The van der Waals surface area contributed by atoms with Crippen molar-refractivity contribution in [3.63, 3.8) is 0 Å². The van der Waals surface area contributed by atoms with E-state index in [1.165, 1.54) is 0 Å².